The molecule has 2 aromatic carbocycles. The maximum atomic E-state index is 13.7. The Morgan fingerprint density at radius 1 is 1.19 bits per heavy atom. The zero-order valence-corrected chi connectivity index (χ0v) is 14.8. The molecule has 0 spiro atoms. The Balaban J connectivity index is 1.92. The van der Waals surface area contributed by atoms with Crippen molar-refractivity contribution in [3.8, 4) is 5.75 Å². The van der Waals surface area contributed by atoms with Gasteiger partial charge >= 0.3 is 6.03 Å². The Morgan fingerprint density at radius 3 is 2.58 bits per heavy atom. The van der Waals surface area contributed by atoms with Crippen molar-refractivity contribution >= 4 is 17.6 Å². The lowest BCUT2D eigenvalue weighted by atomic mass is 10.1. The first kappa shape index (κ1) is 19.2. The Hall–Kier alpha value is -3.09. The summed E-state index contributed by atoms with van der Waals surface area (Å²) in [5, 5.41) is 5.21. The van der Waals surface area contributed by atoms with Crippen molar-refractivity contribution < 1.29 is 18.7 Å². The molecular formula is C19H22FN3O3. The molecule has 0 fully saturated rings. The molecule has 26 heavy (non-hydrogen) atoms. The maximum absolute atomic E-state index is 13.7. The molecule has 0 radical (unpaired) electrons. The largest absolute Gasteiger partial charge is 0.494 e. The van der Waals surface area contributed by atoms with Gasteiger partial charge in [-0.1, -0.05) is 13.0 Å². The van der Waals surface area contributed by atoms with Crippen molar-refractivity contribution in [2.24, 2.45) is 5.73 Å². The van der Waals surface area contributed by atoms with Crippen LogP contribution in [0.3, 0.4) is 0 Å². The molecule has 0 saturated carbocycles. The number of nitrogens with one attached hydrogen (secondary N) is 2. The number of ether oxygens (including phenoxy) is 1. The number of urea groups is 1. The lowest BCUT2D eigenvalue weighted by Crippen LogP contribution is -2.28. The van der Waals surface area contributed by atoms with Crippen molar-refractivity contribution in [2.45, 2.75) is 26.8 Å². The summed E-state index contributed by atoms with van der Waals surface area (Å²) >= 11 is 0. The molecule has 4 N–H and O–H groups in total. The summed E-state index contributed by atoms with van der Waals surface area (Å²) in [6.45, 7) is 4.95. The van der Waals surface area contributed by atoms with E-state index in [0.717, 1.165) is 29.4 Å². The molecule has 3 amide bonds. The molecule has 138 valence electrons. The zero-order chi connectivity index (χ0) is 19.1. The first-order valence-corrected chi connectivity index (χ1v) is 8.27. The molecule has 2 rings (SSSR count). The van der Waals surface area contributed by atoms with Crippen LogP contribution in [0.1, 0.15) is 34.8 Å². The van der Waals surface area contributed by atoms with E-state index in [0.29, 0.717) is 13.2 Å². The van der Waals surface area contributed by atoms with Crippen molar-refractivity contribution in [2.75, 3.05) is 11.9 Å². The third-order valence-corrected chi connectivity index (χ3v) is 3.72. The van der Waals surface area contributed by atoms with Gasteiger partial charge in [0.25, 0.3) is 5.91 Å². The third-order valence-electron chi connectivity index (χ3n) is 3.72. The molecule has 0 saturated heterocycles. The molecule has 2 aromatic rings. The Kier molecular flexibility index (Phi) is 6.54. The summed E-state index contributed by atoms with van der Waals surface area (Å²) in [5.41, 5.74) is 6.98. The quantitative estimate of drug-likeness (QED) is 0.708. The molecule has 7 heteroatoms. The fourth-order valence-electron chi connectivity index (χ4n) is 2.32. The molecule has 0 aliphatic carbocycles. The first-order chi connectivity index (χ1) is 12.4. The minimum Gasteiger partial charge on any atom is -0.494 e. The standard InChI is InChI=1S/C19H22FN3O3/c1-3-8-26-15-6-4-13(12(2)9-15)11-22-19(25)23-14-5-7-16(18(21)24)17(20)10-14/h4-7,9-10H,3,8,11H2,1-2H3,(H2,21,24)(H2,22,23,25). The fourth-order valence-corrected chi connectivity index (χ4v) is 2.32. The fraction of sp³-hybridized carbons (Fsp3) is 0.263. The molecule has 0 aromatic heterocycles. The van der Waals surface area contributed by atoms with Gasteiger partial charge in [-0.25, -0.2) is 9.18 Å². The van der Waals surface area contributed by atoms with Crippen LogP contribution in [0.5, 0.6) is 5.75 Å². The van der Waals surface area contributed by atoms with E-state index in [1.165, 1.54) is 12.1 Å². The number of hydrogen-bond acceptors (Lipinski definition) is 3. The van der Waals surface area contributed by atoms with Crippen LogP contribution in [0.15, 0.2) is 36.4 Å². The summed E-state index contributed by atoms with van der Waals surface area (Å²) in [6.07, 6.45) is 0.934. The van der Waals surface area contributed by atoms with Crippen LogP contribution < -0.4 is 21.1 Å². The average molecular weight is 359 g/mol. The minimum absolute atomic E-state index is 0.225. The number of amides is 3. The number of carbonyl (C=O) groups is 2. The Morgan fingerprint density at radius 2 is 1.96 bits per heavy atom. The lowest BCUT2D eigenvalue weighted by molar-refractivity contribution is 0.0996. The molecule has 0 aliphatic heterocycles. The predicted molar refractivity (Wildman–Crippen MR) is 97.7 cm³/mol. The van der Waals surface area contributed by atoms with Gasteiger partial charge in [0.1, 0.15) is 11.6 Å². The number of hydrogen-bond donors (Lipinski definition) is 3. The van der Waals surface area contributed by atoms with Crippen LogP contribution in [0.2, 0.25) is 0 Å². The summed E-state index contributed by atoms with van der Waals surface area (Å²) in [5.74, 6) is -0.850. The van der Waals surface area contributed by atoms with Crippen molar-refractivity contribution in [1.82, 2.24) is 5.32 Å². The van der Waals surface area contributed by atoms with Crippen LogP contribution in [0, 0.1) is 12.7 Å². The molecule has 0 atom stereocenters. The number of anilines is 1. The molecule has 0 unspecified atom stereocenters. The van der Waals surface area contributed by atoms with E-state index < -0.39 is 17.8 Å². The minimum atomic E-state index is -0.861. The number of aryl methyl sites for hydroxylation is 1. The van der Waals surface area contributed by atoms with E-state index in [2.05, 4.69) is 10.6 Å². The van der Waals surface area contributed by atoms with Gasteiger partial charge < -0.3 is 21.1 Å². The van der Waals surface area contributed by atoms with Gasteiger partial charge in [0.05, 0.1) is 12.2 Å². The van der Waals surface area contributed by atoms with Gasteiger partial charge in [-0.2, -0.15) is 0 Å². The van der Waals surface area contributed by atoms with Crippen LogP contribution >= 0.6 is 0 Å². The van der Waals surface area contributed by atoms with E-state index in [1.54, 1.807) is 0 Å². The van der Waals surface area contributed by atoms with E-state index in [4.69, 9.17) is 10.5 Å². The molecule has 0 aliphatic rings. The number of carbonyl (C=O) groups excluding carboxylic acids is 2. The number of rotatable bonds is 7. The highest BCUT2D eigenvalue weighted by Crippen LogP contribution is 2.18. The zero-order valence-electron chi connectivity index (χ0n) is 14.8. The molecular weight excluding hydrogens is 337 g/mol. The van der Waals surface area contributed by atoms with Crippen molar-refractivity contribution in [3.63, 3.8) is 0 Å². The van der Waals surface area contributed by atoms with Gasteiger partial charge in [0.2, 0.25) is 0 Å². The van der Waals surface area contributed by atoms with Gasteiger partial charge in [-0.3, -0.25) is 4.79 Å². The van der Waals surface area contributed by atoms with Crippen molar-refractivity contribution in [1.29, 1.82) is 0 Å². The monoisotopic (exact) mass is 359 g/mol. The second kappa shape index (κ2) is 8.84. The van der Waals surface area contributed by atoms with Crippen LogP contribution in [0.25, 0.3) is 0 Å². The highest BCUT2D eigenvalue weighted by Gasteiger charge is 2.10. The van der Waals surface area contributed by atoms with Crippen LogP contribution in [0.4, 0.5) is 14.9 Å². The Bertz CT molecular complexity index is 809. The molecule has 6 nitrogen and oxygen atoms in total. The summed E-state index contributed by atoms with van der Waals surface area (Å²) in [7, 11) is 0. The second-order valence-corrected chi connectivity index (χ2v) is 5.80. The Labute approximate surface area is 151 Å². The predicted octanol–water partition coefficient (Wildman–Crippen LogP) is 3.34. The third kappa shape index (κ3) is 5.20. The highest BCUT2D eigenvalue weighted by molar-refractivity contribution is 5.94. The highest BCUT2D eigenvalue weighted by atomic mass is 19.1. The normalized spacial score (nSPS) is 10.3. The number of halogens is 1. The lowest BCUT2D eigenvalue weighted by Gasteiger charge is -2.12. The summed E-state index contributed by atoms with van der Waals surface area (Å²) in [6, 6.07) is 8.87. The van der Waals surface area contributed by atoms with Crippen molar-refractivity contribution in [3.05, 3.63) is 58.9 Å². The van der Waals surface area contributed by atoms with Crippen LogP contribution in [-0.2, 0) is 6.54 Å². The number of benzene rings is 2. The van der Waals surface area contributed by atoms with Gasteiger partial charge in [-0.15, -0.1) is 0 Å². The van der Waals surface area contributed by atoms with Crippen LogP contribution in [-0.4, -0.2) is 18.5 Å². The molecule has 0 heterocycles. The van der Waals surface area contributed by atoms with Gasteiger partial charge in [0.15, 0.2) is 0 Å². The SMILES string of the molecule is CCCOc1ccc(CNC(=O)Nc2ccc(C(N)=O)c(F)c2)c(C)c1. The van der Waals surface area contributed by atoms with Gasteiger partial charge in [0, 0.05) is 12.2 Å². The summed E-state index contributed by atoms with van der Waals surface area (Å²) in [4.78, 5) is 23.0. The number of nitrogens with two attached hydrogens (primary N) is 1. The van der Waals surface area contributed by atoms with E-state index in [-0.39, 0.29) is 11.3 Å². The summed E-state index contributed by atoms with van der Waals surface area (Å²) < 4.78 is 19.3. The topological polar surface area (TPSA) is 93.4 Å². The second-order valence-electron chi connectivity index (χ2n) is 5.80. The maximum Gasteiger partial charge on any atom is 0.319 e. The number of primary amides is 1. The van der Waals surface area contributed by atoms with Gasteiger partial charge in [-0.05, 0) is 54.8 Å². The average Bonchev–Trinajstić information content (AvgIpc) is 2.58. The smallest absolute Gasteiger partial charge is 0.319 e. The molecule has 0 bridgehead atoms. The van der Waals surface area contributed by atoms with E-state index in [9.17, 15) is 14.0 Å². The van der Waals surface area contributed by atoms with E-state index in [1.807, 2.05) is 32.0 Å². The first-order valence-electron chi connectivity index (χ1n) is 8.27. The van der Waals surface area contributed by atoms with E-state index >= 15 is 0 Å².